The number of aliphatic carboxylic acids is 1. The molecule has 1 saturated heterocycles. The van der Waals surface area contributed by atoms with Crippen molar-refractivity contribution in [2.24, 2.45) is 0 Å². The van der Waals surface area contributed by atoms with Gasteiger partial charge >= 0.3 is 5.97 Å². The van der Waals surface area contributed by atoms with Crippen LogP contribution in [0.5, 0.6) is 0 Å². The number of hydrogen-bond acceptors (Lipinski definition) is 5. The predicted molar refractivity (Wildman–Crippen MR) is 96.8 cm³/mol. The molecule has 1 aromatic heterocycles. The Morgan fingerprint density at radius 1 is 1.07 bits per heavy atom. The fourth-order valence-corrected chi connectivity index (χ4v) is 3.24. The molecule has 7 nitrogen and oxygen atoms in total. The molecule has 0 saturated carbocycles. The Morgan fingerprint density at radius 2 is 1.75 bits per heavy atom. The summed E-state index contributed by atoms with van der Waals surface area (Å²) in [5, 5.41) is 13.2. The van der Waals surface area contributed by atoms with Gasteiger partial charge in [-0.05, 0) is 49.2 Å². The summed E-state index contributed by atoms with van der Waals surface area (Å²) in [4.78, 5) is 29.6. The second kappa shape index (κ2) is 7.22. The summed E-state index contributed by atoms with van der Waals surface area (Å²) in [6, 6.07) is 11.5. The lowest BCUT2D eigenvalue weighted by Gasteiger charge is -2.21. The molecule has 1 aliphatic heterocycles. The number of carboxylic acids is 1. The Hall–Kier alpha value is -3.55. The van der Waals surface area contributed by atoms with Crippen LogP contribution in [-0.2, 0) is 4.79 Å². The van der Waals surface area contributed by atoms with E-state index in [1.807, 2.05) is 0 Å². The second-order valence-electron chi connectivity index (χ2n) is 6.50. The minimum absolute atomic E-state index is 0.261. The van der Waals surface area contributed by atoms with E-state index in [1.165, 1.54) is 17.0 Å². The highest BCUT2D eigenvalue weighted by molar-refractivity contribution is 5.97. The van der Waals surface area contributed by atoms with E-state index in [9.17, 15) is 19.1 Å². The van der Waals surface area contributed by atoms with Gasteiger partial charge < -0.3 is 14.5 Å². The van der Waals surface area contributed by atoms with Crippen LogP contribution in [0.4, 0.5) is 4.39 Å². The third kappa shape index (κ3) is 3.36. The first kappa shape index (κ1) is 17.8. The van der Waals surface area contributed by atoms with Crippen molar-refractivity contribution in [3.05, 3.63) is 59.9 Å². The number of carbonyl (C=O) groups is 2. The highest BCUT2D eigenvalue weighted by atomic mass is 19.1. The first-order valence-corrected chi connectivity index (χ1v) is 8.77. The molecule has 1 aliphatic rings. The Morgan fingerprint density at radius 3 is 2.43 bits per heavy atom. The van der Waals surface area contributed by atoms with Gasteiger partial charge in [-0.1, -0.05) is 17.3 Å². The lowest BCUT2D eigenvalue weighted by Crippen LogP contribution is -2.40. The van der Waals surface area contributed by atoms with Gasteiger partial charge in [0.2, 0.25) is 5.82 Å². The van der Waals surface area contributed by atoms with Crippen molar-refractivity contribution >= 4 is 11.9 Å². The van der Waals surface area contributed by atoms with Gasteiger partial charge in [0.1, 0.15) is 11.9 Å². The maximum atomic E-state index is 13.0. The van der Waals surface area contributed by atoms with Crippen molar-refractivity contribution < 1.29 is 23.6 Å². The number of rotatable bonds is 4. The van der Waals surface area contributed by atoms with E-state index < -0.39 is 12.0 Å². The maximum absolute atomic E-state index is 13.0. The monoisotopic (exact) mass is 381 g/mol. The standard InChI is InChI=1S/C20H16FN3O4/c21-15-9-7-13(8-10-15)18-22-17(23-28-18)12-3-5-14(6-4-12)19(25)24-11-1-2-16(24)20(26)27/h3-10,16H,1-2,11H2,(H,26,27)/t16-/m1/s1. The lowest BCUT2D eigenvalue weighted by atomic mass is 10.1. The maximum Gasteiger partial charge on any atom is 0.326 e. The molecule has 4 rings (SSSR count). The fraction of sp³-hybridized carbons (Fsp3) is 0.200. The normalized spacial score (nSPS) is 16.3. The first-order valence-electron chi connectivity index (χ1n) is 8.77. The lowest BCUT2D eigenvalue weighted by molar-refractivity contribution is -0.141. The molecule has 0 bridgehead atoms. The number of hydrogen-bond donors (Lipinski definition) is 1. The highest BCUT2D eigenvalue weighted by Gasteiger charge is 2.34. The van der Waals surface area contributed by atoms with Gasteiger partial charge in [-0.15, -0.1) is 0 Å². The van der Waals surface area contributed by atoms with E-state index in [4.69, 9.17) is 4.52 Å². The topological polar surface area (TPSA) is 96.5 Å². The Kier molecular flexibility index (Phi) is 4.60. The smallest absolute Gasteiger partial charge is 0.326 e. The van der Waals surface area contributed by atoms with Crippen molar-refractivity contribution in [2.75, 3.05) is 6.54 Å². The van der Waals surface area contributed by atoms with Crippen molar-refractivity contribution in [3.8, 4) is 22.8 Å². The Bertz CT molecular complexity index is 1010. The van der Waals surface area contributed by atoms with Crippen LogP contribution < -0.4 is 0 Å². The number of aromatic nitrogens is 2. The number of amides is 1. The molecule has 0 unspecified atom stereocenters. The van der Waals surface area contributed by atoms with E-state index >= 15 is 0 Å². The third-order valence-electron chi connectivity index (χ3n) is 4.71. The van der Waals surface area contributed by atoms with E-state index in [1.54, 1.807) is 36.4 Å². The molecule has 1 amide bonds. The van der Waals surface area contributed by atoms with Crippen molar-refractivity contribution in [3.63, 3.8) is 0 Å². The van der Waals surface area contributed by atoms with E-state index in [2.05, 4.69) is 10.1 Å². The zero-order chi connectivity index (χ0) is 19.7. The molecule has 142 valence electrons. The average Bonchev–Trinajstić information content (AvgIpc) is 3.38. The molecule has 1 atom stereocenters. The number of halogens is 1. The molecule has 1 N–H and O–H groups in total. The van der Waals surface area contributed by atoms with Gasteiger partial charge in [0.05, 0.1) is 0 Å². The molecular formula is C20H16FN3O4. The molecule has 3 aromatic rings. The minimum atomic E-state index is -0.984. The molecule has 28 heavy (non-hydrogen) atoms. The number of nitrogens with zero attached hydrogens (tertiary/aromatic N) is 3. The summed E-state index contributed by atoms with van der Waals surface area (Å²) in [5.74, 6) is -1.05. The molecule has 0 radical (unpaired) electrons. The molecule has 1 fully saturated rings. The molecule has 0 aliphatic carbocycles. The van der Waals surface area contributed by atoms with Crippen molar-refractivity contribution in [1.82, 2.24) is 15.0 Å². The van der Waals surface area contributed by atoms with Crippen molar-refractivity contribution in [1.29, 1.82) is 0 Å². The quantitative estimate of drug-likeness (QED) is 0.745. The van der Waals surface area contributed by atoms with Gasteiger partial charge in [-0.25, -0.2) is 9.18 Å². The van der Waals surface area contributed by atoms with E-state index in [0.29, 0.717) is 41.9 Å². The number of carboxylic acid groups (broad SMARTS) is 1. The number of benzene rings is 2. The summed E-state index contributed by atoms with van der Waals surface area (Å²) in [7, 11) is 0. The zero-order valence-corrected chi connectivity index (χ0v) is 14.7. The van der Waals surface area contributed by atoms with E-state index in [-0.39, 0.29) is 17.6 Å². The minimum Gasteiger partial charge on any atom is -0.480 e. The van der Waals surface area contributed by atoms with Crippen LogP contribution in [0.15, 0.2) is 53.1 Å². The molecule has 8 heteroatoms. The van der Waals surface area contributed by atoms with Gasteiger partial charge in [-0.3, -0.25) is 4.79 Å². The third-order valence-corrected chi connectivity index (χ3v) is 4.71. The zero-order valence-electron chi connectivity index (χ0n) is 14.7. The second-order valence-corrected chi connectivity index (χ2v) is 6.50. The van der Waals surface area contributed by atoms with Crippen LogP contribution in [0.25, 0.3) is 22.8 Å². The van der Waals surface area contributed by atoms with Crippen LogP contribution in [0.1, 0.15) is 23.2 Å². The highest BCUT2D eigenvalue weighted by Crippen LogP contribution is 2.24. The Balaban J connectivity index is 1.53. The van der Waals surface area contributed by atoms with Gasteiger partial charge in [0.25, 0.3) is 11.8 Å². The Labute approximate surface area is 159 Å². The van der Waals surface area contributed by atoms with Crippen LogP contribution >= 0.6 is 0 Å². The van der Waals surface area contributed by atoms with Gasteiger partial charge in [0, 0.05) is 23.2 Å². The number of likely N-dealkylation sites (tertiary alicyclic amines) is 1. The van der Waals surface area contributed by atoms with Crippen molar-refractivity contribution in [2.45, 2.75) is 18.9 Å². The molecule has 0 spiro atoms. The van der Waals surface area contributed by atoms with Crippen LogP contribution in [0.3, 0.4) is 0 Å². The first-order chi connectivity index (χ1) is 13.5. The molecule has 2 aromatic carbocycles. The number of carbonyl (C=O) groups excluding carboxylic acids is 1. The summed E-state index contributed by atoms with van der Waals surface area (Å²) < 4.78 is 18.2. The van der Waals surface area contributed by atoms with Crippen LogP contribution in [-0.4, -0.2) is 44.6 Å². The predicted octanol–water partition coefficient (Wildman–Crippen LogP) is 3.23. The van der Waals surface area contributed by atoms with Crippen LogP contribution in [0.2, 0.25) is 0 Å². The molecule has 2 heterocycles. The summed E-state index contributed by atoms with van der Waals surface area (Å²) in [5.41, 5.74) is 1.64. The van der Waals surface area contributed by atoms with Gasteiger partial charge in [0.15, 0.2) is 0 Å². The fourth-order valence-electron chi connectivity index (χ4n) is 3.24. The summed E-state index contributed by atoms with van der Waals surface area (Å²) in [6.45, 7) is 0.434. The molecular weight excluding hydrogens is 365 g/mol. The van der Waals surface area contributed by atoms with Crippen LogP contribution in [0, 0.1) is 5.82 Å². The summed E-state index contributed by atoms with van der Waals surface area (Å²) >= 11 is 0. The summed E-state index contributed by atoms with van der Waals surface area (Å²) in [6.07, 6.45) is 1.14. The van der Waals surface area contributed by atoms with E-state index in [0.717, 1.165) is 0 Å². The SMILES string of the molecule is O=C(O)[C@H]1CCCN1C(=O)c1ccc(-c2noc(-c3ccc(F)cc3)n2)cc1. The van der Waals surface area contributed by atoms with Gasteiger partial charge in [-0.2, -0.15) is 4.98 Å². The average molecular weight is 381 g/mol. The largest absolute Gasteiger partial charge is 0.480 e.